The number of aromatic amines is 1. The van der Waals surface area contributed by atoms with E-state index in [9.17, 15) is 0 Å². The number of rotatable bonds is 5. The van der Waals surface area contributed by atoms with Crippen molar-refractivity contribution in [3.8, 4) is 0 Å². The summed E-state index contributed by atoms with van der Waals surface area (Å²) in [6.07, 6.45) is 6.26. The molecular formula is C13H21N3. The molecule has 2 rings (SSSR count). The lowest BCUT2D eigenvalue weighted by atomic mass is 10.1. The molecule has 1 aromatic rings. The van der Waals surface area contributed by atoms with Gasteiger partial charge in [0.05, 0.1) is 6.04 Å². The summed E-state index contributed by atoms with van der Waals surface area (Å²) in [5, 5.41) is 3.40. The molecule has 16 heavy (non-hydrogen) atoms. The van der Waals surface area contributed by atoms with Crippen LogP contribution in [0.15, 0.2) is 31.0 Å². The van der Waals surface area contributed by atoms with E-state index in [0.29, 0.717) is 6.04 Å². The molecule has 3 nitrogen and oxygen atoms in total. The smallest absolute Gasteiger partial charge is 0.0502 e. The van der Waals surface area contributed by atoms with Gasteiger partial charge in [0, 0.05) is 38.1 Å². The van der Waals surface area contributed by atoms with E-state index in [0.717, 1.165) is 39.0 Å². The van der Waals surface area contributed by atoms with Crippen molar-refractivity contribution in [3.05, 3.63) is 36.7 Å². The number of hydrogen-bond donors (Lipinski definition) is 2. The fraction of sp³-hybridized carbons (Fsp3) is 0.538. The Balaban J connectivity index is 2.03. The highest BCUT2D eigenvalue weighted by Crippen LogP contribution is 2.24. The first-order chi connectivity index (χ1) is 7.92. The molecule has 2 heterocycles. The molecule has 3 heteroatoms. The predicted octanol–water partition coefficient (Wildman–Crippen LogP) is 1.93. The summed E-state index contributed by atoms with van der Waals surface area (Å²) in [5.74, 6) is 0. The third kappa shape index (κ3) is 2.74. The van der Waals surface area contributed by atoms with Crippen LogP contribution in [-0.4, -0.2) is 36.1 Å². The van der Waals surface area contributed by atoms with Crippen LogP contribution in [-0.2, 0) is 0 Å². The zero-order chi connectivity index (χ0) is 11.2. The van der Waals surface area contributed by atoms with Crippen LogP contribution in [0, 0.1) is 0 Å². The first-order valence-corrected chi connectivity index (χ1v) is 6.11. The predicted molar refractivity (Wildman–Crippen MR) is 67.4 cm³/mol. The van der Waals surface area contributed by atoms with E-state index in [2.05, 4.69) is 33.9 Å². The van der Waals surface area contributed by atoms with Crippen LogP contribution in [0.4, 0.5) is 0 Å². The second-order valence-electron chi connectivity index (χ2n) is 4.29. The molecule has 0 amide bonds. The fourth-order valence-electron chi connectivity index (χ4n) is 2.36. The molecule has 0 radical (unpaired) electrons. The van der Waals surface area contributed by atoms with Gasteiger partial charge < -0.3 is 10.3 Å². The molecule has 1 aromatic heterocycles. The summed E-state index contributed by atoms with van der Waals surface area (Å²) >= 11 is 0. The van der Waals surface area contributed by atoms with Crippen molar-refractivity contribution in [2.75, 3.05) is 26.2 Å². The monoisotopic (exact) mass is 219 g/mol. The Morgan fingerprint density at radius 2 is 2.25 bits per heavy atom. The molecule has 0 unspecified atom stereocenters. The Bertz CT molecular complexity index is 299. The van der Waals surface area contributed by atoms with Crippen molar-refractivity contribution in [1.29, 1.82) is 0 Å². The summed E-state index contributed by atoms with van der Waals surface area (Å²) in [4.78, 5) is 5.91. The number of aromatic nitrogens is 1. The van der Waals surface area contributed by atoms with E-state index in [-0.39, 0.29) is 0 Å². The van der Waals surface area contributed by atoms with Crippen LogP contribution in [0.1, 0.15) is 24.6 Å². The molecule has 0 aromatic carbocycles. The molecule has 1 atom stereocenters. The van der Waals surface area contributed by atoms with Crippen molar-refractivity contribution < 1.29 is 0 Å². The third-order valence-corrected chi connectivity index (χ3v) is 3.22. The minimum absolute atomic E-state index is 0.523. The number of allylic oxidation sites excluding steroid dienone is 1. The van der Waals surface area contributed by atoms with E-state index >= 15 is 0 Å². The van der Waals surface area contributed by atoms with Crippen LogP contribution in [0.25, 0.3) is 0 Å². The zero-order valence-electron chi connectivity index (χ0n) is 9.78. The second kappa shape index (κ2) is 5.87. The average Bonchev–Trinajstić information content (AvgIpc) is 2.85. The minimum atomic E-state index is 0.523. The number of H-pyrrole nitrogens is 1. The largest absolute Gasteiger partial charge is 0.364 e. The van der Waals surface area contributed by atoms with Gasteiger partial charge in [0.2, 0.25) is 0 Å². The lowest BCUT2D eigenvalue weighted by molar-refractivity contribution is 0.163. The maximum atomic E-state index is 3.82. The summed E-state index contributed by atoms with van der Waals surface area (Å²) in [6.45, 7) is 8.30. The maximum absolute atomic E-state index is 3.82. The Morgan fingerprint density at radius 3 is 2.88 bits per heavy atom. The fourth-order valence-corrected chi connectivity index (χ4v) is 2.36. The van der Waals surface area contributed by atoms with E-state index < -0.39 is 0 Å². The minimum Gasteiger partial charge on any atom is -0.364 e. The molecule has 1 aliphatic heterocycles. The van der Waals surface area contributed by atoms with Gasteiger partial charge in [-0.1, -0.05) is 6.08 Å². The molecule has 1 aliphatic rings. The summed E-state index contributed by atoms with van der Waals surface area (Å²) in [6, 6.07) is 4.80. The number of nitrogens with one attached hydrogen (secondary N) is 2. The summed E-state index contributed by atoms with van der Waals surface area (Å²) in [5.41, 5.74) is 1.34. The van der Waals surface area contributed by atoms with E-state index in [1.54, 1.807) is 0 Å². The van der Waals surface area contributed by atoms with Gasteiger partial charge in [0.1, 0.15) is 0 Å². The number of piperazine rings is 1. The highest BCUT2D eigenvalue weighted by Gasteiger charge is 2.21. The van der Waals surface area contributed by atoms with Crippen LogP contribution in [0.3, 0.4) is 0 Å². The Hall–Kier alpha value is -1.06. The molecule has 0 bridgehead atoms. The van der Waals surface area contributed by atoms with Crippen molar-refractivity contribution in [2.45, 2.75) is 18.9 Å². The van der Waals surface area contributed by atoms with Crippen LogP contribution < -0.4 is 5.32 Å². The topological polar surface area (TPSA) is 31.1 Å². The van der Waals surface area contributed by atoms with Gasteiger partial charge in [-0.25, -0.2) is 0 Å². The highest BCUT2D eigenvalue weighted by atomic mass is 15.2. The number of hydrogen-bond acceptors (Lipinski definition) is 2. The van der Waals surface area contributed by atoms with Crippen LogP contribution in [0.2, 0.25) is 0 Å². The van der Waals surface area contributed by atoms with Gasteiger partial charge in [0.15, 0.2) is 0 Å². The average molecular weight is 219 g/mol. The summed E-state index contributed by atoms with van der Waals surface area (Å²) in [7, 11) is 0. The maximum Gasteiger partial charge on any atom is 0.0502 e. The Labute approximate surface area is 97.5 Å². The van der Waals surface area contributed by atoms with Crippen molar-refractivity contribution >= 4 is 0 Å². The molecule has 2 N–H and O–H groups in total. The number of nitrogens with zero attached hydrogens (tertiary/aromatic N) is 1. The van der Waals surface area contributed by atoms with E-state index in [1.165, 1.54) is 5.69 Å². The quantitative estimate of drug-likeness (QED) is 0.741. The van der Waals surface area contributed by atoms with Crippen LogP contribution in [0.5, 0.6) is 0 Å². The van der Waals surface area contributed by atoms with Crippen molar-refractivity contribution in [3.63, 3.8) is 0 Å². The first kappa shape index (κ1) is 11.4. The molecule has 1 saturated heterocycles. The van der Waals surface area contributed by atoms with Gasteiger partial charge in [-0.3, -0.25) is 4.90 Å². The van der Waals surface area contributed by atoms with Crippen molar-refractivity contribution in [1.82, 2.24) is 15.2 Å². The van der Waals surface area contributed by atoms with Gasteiger partial charge in [-0.2, -0.15) is 0 Å². The van der Waals surface area contributed by atoms with Crippen molar-refractivity contribution in [2.24, 2.45) is 0 Å². The van der Waals surface area contributed by atoms with Gasteiger partial charge in [-0.15, -0.1) is 6.58 Å². The Morgan fingerprint density at radius 1 is 1.44 bits per heavy atom. The second-order valence-corrected chi connectivity index (χ2v) is 4.29. The van der Waals surface area contributed by atoms with Gasteiger partial charge in [-0.05, 0) is 25.0 Å². The normalized spacial score (nSPS) is 19.5. The molecule has 0 saturated carbocycles. The SMILES string of the molecule is C=CCC[C@@H](c1ccc[nH]1)N1CCNCC1. The molecule has 0 spiro atoms. The lowest BCUT2D eigenvalue weighted by Crippen LogP contribution is -2.45. The van der Waals surface area contributed by atoms with Crippen LogP contribution >= 0.6 is 0 Å². The first-order valence-electron chi connectivity index (χ1n) is 6.11. The highest BCUT2D eigenvalue weighted by molar-refractivity contribution is 5.10. The Kier molecular flexibility index (Phi) is 4.19. The van der Waals surface area contributed by atoms with E-state index in [4.69, 9.17) is 0 Å². The molecule has 1 fully saturated rings. The molecule has 0 aliphatic carbocycles. The zero-order valence-corrected chi connectivity index (χ0v) is 9.78. The standard InChI is InChI=1S/C13H21N3/c1-2-3-6-13(12-5-4-7-15-12)16-10-8-14-9-11-16/h2,4-5,7,13-15H,1,3,6,8-11H2/t13-/m0/s1. The summed E-state index contributed by atoms with van der Waals surface area (Å²) < 4.78 is 0. The molecular weight excluding hydrogens is 198 g/mol. The third-order valence-electron chi connectivity index (χ3n) is 3.22. The van der Waals surface area contributed by atoms with Gasteiger partial charge in [0.25, 0.3) is 0 Å². The van der Waals surface area contributed by atoms with E-state index in [1.807, 2.05) is 12.3 Å². The lowest BCUT2D eigenvalue weighted by Gasteiger charge is -2.34. The van der Waals surface area contributed by atoms with Gasteiger partial charge >= 0.3 is 0 Å². The molecule has 88 valence electrons.